The van der Waals surface area contributed by atoms with E-state index in [1.54, 1.807) is 24.1 Å². The van der Waals surface area contributed by atoms with Crippen LogP contribution in [0.15, 0.2) is 72.9 Å². The summed E-state index contributed by atoms with van der Waals surface area (Å²) >= 11 is 0. The van der Waals surface area contributed by atoms with Gasteiger partial charge >= 0.3 is 0 Å². The minimum absolute atomic E-state index is 0.0904. The van der Waals surface area contributed by atoms with Crippen LogP contribution in [0.5, 0.6) is 0 Å². The Morgan fingerprint density at radius 3 is 2.42 bits per heavy atom. The number of nitrogens with one attached hydrogen (secondary N) is 2. The molecule has 1 aliphatic heterocycles. The van der Waals surface area contributed by atoms with E-state index >= 15 is 0 Å². The molecule has 4 aromatic rings. The van der Waals surface area contributed by atoms with Crippen molar-refractivity contribution >= 4 is 17.6 Å². The number of H-pyrrole nitrogens is 1. The standard InChI is InChI=1S/C31H29F3N4O2/c1-31(2)17-38(3)30(40)26-25(19-7-5-4-6-8-19)27(37-28(26)31)20-13-14-35-24(15-20)36-29(39)22(16-23(33)34)18-9-11-21(32)12-10-18/h4-15,22-23,37H,16-17H2,1-3H3,(H,35,36,39)/t22-/m1/s1. The van der Waals surface area contributed by atoms with Gasteiger partial charge in [0, 0.05) is 48.4 Å². The maximum Gasteiger partial charge on any atom is 0.256 e. The van der Waals surface area contributed by atoms with Gasteiger partial charge in [0.25, 0.3) is 5.91 Å². The molecule has 40 heavy (non-hydrogen) atoms. The Morgan fingerprint density at radius 1 is 1.05 bits per heavy atom. The lowest BCUT2D eigenvalue weighted by atomic mass is 9.81. The Labute approximate surface area is 230 Å². The lowest BCUT2D eigenvalue weighted by Crippen LogP contribution is -2.44. The van der Waals surface area contributed by atoms with Crippen molar-refractivity contribution in [3.63, 3.8) is 0 Å². The second-order valence-corrected chi connectivity index (χ2v) is 10.7. The van der Waals surface area contributed by atoms with Crippen molar-refractivity contribution in [2.24, 2.45) is 0 Å². The number of likely N-dealkylation sites (N-methyl/N-ethyl adjacent to an activating group) is 1. The van der Waals surface area contributed by atoms with E-state index in [4.69, 9.17) is 0 Å². The summed E-state index contributed by atoms with van der Waals surface area (Å²) in [6.45, 7) is 4.68. The molecule has 9 heteroatoms. The Morgan fingerprint density at radius 2 is 1.75 bits per heavy atom. The third kappa shape index (κ3) is 5.23. The number of fused-ring (bicyclic) bond motifs is 1. The Hall–Kier alpha value is -4.40. The van der Waals surface area contributed by atoms with E-state index in [0.717, 1.165) is 29.0 Å². The van der Waals surface area contributed by atoms with Gasteiger partial charge < -0.3 is 15.2 Å². The molecule has 2 aromatic heterocycles. The molecule has 0 bridgehead atoms. The summed E-state index contributed by atoms with van der Waals surface area (Å²) in [5.41, 5.74) is 4.29. The number of carbonyl (C=O) groups excluding carboxylic acids is 2. The smallest absolute Gasteiger partial charge is 0.256 e. The third-order valence-corrected chi connectivity index (χ3v) is 7.23. The van der Waals surface area contributed by atoms with Gasteiger partial charge in [0.05, 0.1) is 17.2 Å². The minimum Gasteiger partial charge on any atom is -0.357 e. The van der Waals surface area contributed by atoms with E-state index in [0.29, 0.717) is 23.4 Å². The van der Waals surface area contributed by atoms with Crippen LogP contribution in [0.2, 0.25) is 0 Å². The van der Waals surface area contributed by atoms with Crippen LogP contribution < -0.4 is 5.32 Å². The average molecular weight is 547 g/mol. The van der Waals surface area contributed by atoms with Crippen molar-refractivity contribution in [2.75, 3.05) is 18.9 Å². The van der Waals surface area contributed by atoms with E-state index in [1.807, 2.05) is 30.3 Å². The first-order valence-electron chi connectivity index (χ1n) is 12.9. The monoisotopic (exact) mass is 546 g/mol. The van der Waals surface area contributed by atoms with Gasteiger partial charge in [-0.25, -0.2) is 18.2 Å². The number of amides is 2. The molecule has 2 N–H and O–H groups in total. The minimum atomic E-state index is -2.74. The van der Waals surface area contributed by atoms with E-state index in [-0.39, 0.29) is 22.7 Å². The zero-order valence-electron chi connectivity index (χ0n) is 22.3. The maximum absolute atomic E-state index is 13.4. The maximum atomic E-state index is 13.4. The molecule has 0 fully saturated rings. The Bertz CT molecular complexity index is 1550. The molecule has 0 unspecified atom stereocenters. The van der Waals surface area contributed by atoms with Gasteiger partial charge in [0.2, 0.25) is 12.3 Å². The first-order valence-corrected chi connectivity index (χ1v) is 12.9. The normalized spacial score (nSPS) is 15.2. The third-order valence-electron chi connectivity index (χ3n) is 7.23. The average Bonchev–Trinajstić information content (AvgIpc) is 3.34. The van der Waals surface area contributed by atoms with Gasteiger partial charge in [-0.2, -0.15) is 0 Å². The molecule has 0 aliphatic carbocycles. The molecule has 0 spiro atoms. The Balaban J connectivity index is 1.56. The van der Waals surface area contributed by atoms with Crippen LogP contribution in [0.1, 0.15) is 47.8 Å². The number of aromatic nitrogens is 2. The van der Waals surface area contributed by atoms with Gasteiger partial charge in [0.15, 0.2) is 0 Å². The Kier molecular flexibility index (Phi) is 7.23. The molecule has 0 saturated heterocycles. The molecule has 5 rings (SSSR count). The van der Waals surface area contributed by atoms with Gasteiger partial charge in [0.1, 0.15) is 11.6 Å². The number of benzene rings is 2. The van der Waals surface area contributed by atoms with Crippen molar-refractivity contribution in [1.29, 1.82) is 0 Å². The van der Waals surface area contributed by atoms with Crippen molar-refractivity contribution in [2.45, 2.75) is 38.0 Å². The molecular weight excluding hydrogens is 517 g/mol. The predicted octanol–water partition coefficient (Wildman–Crippen LogP) is 6.62. The zero-order valence-corrected chi connectivity index (χ0v) is 22.3. The highest BCUT2D eigenvalue weighted by molar-refractivity contribution is 6.07. The molecule has 2 amide bonds. The highest BCUT2D eigenvalue weighted by Gasteiger charge is 2.40. The highest BCUT2D eigenvalue weighted by Crippen LogP contribution is 2.44. The van der Waals surface area contributed by atoms with Gasteiger partial charge in [-0.15, -0.1) is 0 Å². The number of alkyl halides is 2. The van der Waals surface area contributed by atoms with E-state index in [1.165, 1.54) is 18.3 Å². The van der Waals surface area contributed by atoms with Crippen LogP contribution in [0.4, 0.5) is 19.0 Å². The number of aromatic amines is 1. The molecule has 3 heterocycles. The number of pyridine rings is 1. The summed E-state index contributed by atoms with van der Waals surface area (Å²) in [5, 5.41) is 2.66. The second-order valence-electron chi connectivity index (χ2n) is 10.7. The summed E-state index contributed by atoms with van der Waals surface area (Å²) in [4.78, 5) is 36.0. The first-order chi connectivity index (χ1) is 19.0. The molecule has 1 aliphatic rings. The fraction of sp³-hybridized carbons (Fsp3) is 0.258. The lowest BCUT2D eigenvalue weighted by molar-refractivity contribution is -0.118. The summed E-state index contributed by atoms with van der Waals surface area (Å²) in [5.74, 6) is -2.32. The number of hydrogen-bond donors (Lipinski definition) is 2. The van der Waals surface area contributed by atoms with Crippen molar-refractivity contribution < 1.29 is 22.8 Å². The lowest BCUT2D eigenvalue weighted by Gasteiger charge is -2.35. The van der Waals surface area contributed by atoms with Crippen LogP contribution in [0.3, 0.4) is 0 Å². The summed E-state index contributed by atoms with van der Waals surface area (Å²) in [6, 6.07) is 17.9. The molecule has 0 saturated carbocycles. The number of rotatable bonds is 7. The van der Waals surface area contributed by atoms with Gasteiger partial charge in [-0.1, -0.05) is 56.3 Å². The quantitative estimate of drug-likeness (QED) is 0.273. The van der Waals surface area contributed by atoms with Crippen LogP contribution in [0.25, 0.3) is 22.4 Å². The largest absolute Gasteiger partial charge is 0.357 e. The van der Waals surface area contributed by atoms with Gasteiger partial charge in [-0.05, 0) is 35.4 Å². The fourth-order valence-electron chi connectivity index (χ4n) is 5.40. The van der Waals surface area contributed by atoms with E-state index in [9.17, 15) is 22.8 Å². The molecule has 2 aromatic carbocycles. The summed E-state index contributed by atoms with van der Waals surface area (Å²) < 4.78 is 40.2. The predicted molar refractivity (Wildman–Crippen MR) is 148 cm³/mol. The van der Waals surface area contributed by atoms with E-state index in [2.05, 4.69) is 29.1 Å². The van der Waals surface area contributed by atoms with Crippen LogP contribution >= 0.6 is 0 Å². The fourth-order valence-corrected chi connectivity index (χ4v) is 5.40. The van der Waals surface area contributed by atoms with Crippen molar-refractivity contribution in [3.8, 4) is 22.4 Å². The molecule has 6 nitrogen and oxygen atoms in total. The number of hydrogen-bond acceptors (Lipinski definition) is 3. The van der Waals surface area contributed by atoms with Crippen LogP contribution in [-0.4, -0.2) is 46.7 Å². The number of carbonyl (C=O) groups is 2. The SMILES string of the molecule is CN1CC(C)(C)c2[nH]c(-c3ccnc(NC(=O)[C@H](CC(F)F)c4ccc(F)cc4)c3)c(-c3ccccc3)c2C1=O. The van der Waals surface area contributed by atoms with Crippen LogP contribution in [-0.2, 0) is 10.2 Å². The topological polar surface area (TPSA) is 78.1 Å². The van der Waals surface area contributed by atoms with Crippen LogP contribution in [0, 0.1) is 5.82 Å². The zero-order chi connectivity index (χ0) is 28.6. The number of anilines is 1. The molecule has 206 valence electrons. The molecule has 0 radical (unpaired) electrons. The number of nitrogens with zero attached hydrogens (tertiary/aromatic N) is 2. The van der Waals surface area contributed by atoms with Gasteiger partial charge in [-0.3, -0.25) is 9.59 Å². The highest BCUT2D eigenvalue weighted by atomic mass is 19.3. The van der Waals surface area contributed by atoms with Crippen molar-refractivity contribution in [3.05, 3.63) is 95.6 Å². The summed E-state index contributed by atoms with van der Waals surface area (Å²) in [7, 11) is 1.78. The van der Waals surface area contributed by atoms with Crippen molar-refractivity contribution in [1.82, 2.24) is 14.9 Å². The van der Waals surface area contributed by atoms with E-state index < -0.39 is 30.5 Å². The summed E-state index contributed by atoms with van der Waals surface area (Å²) in [6.07, 6.45) is -1.94. The number of halogens is 3. The second kappa shape index (κ2) is 10.6. The molecular formula is C31H29F3N4O2. The molecule has 1 atom stereocenters. The first kappa shape index (κ1) is 27.2.